The summed E-state index contributed by atoms with van der Waals surface area (Å²) in [6, 6.07) is 3.49. The second kappa shape index (κ2) is 3.82. The van der Waals surface area contributed by atoms with Crippen LogP contribution in [0, 0.1) is 0 Å². The Labute approximate surface area is 86.8 Å². The normalized spacial score (nSPS) is 38.6. The maximum Gasteiger partial charge on any atom is 0.00708 e. The van der Waals surface area contributed by atoms with E-state index in [4.69, 9.17) is 0 Å². The van der Waals surface area contributed by atoms with Gasteiger partial charge in [0.15, 0.2) is 0 Å². The van der Waals surface area contributed by atoms with E-state index >= 15 is 0 Å². The highest BCUT2D eigenvalue weighted by atomic mass is 15.0. The third kappa shape index (κ3) is 2.48. The summed E-state index contributed by atoms with van der Waals surface area (Å²) >= 11 is 0. The molecular weight excluding hydrogens is 172 g/mol. The van der Waals surface area contributed by atoms with E-state index in [1.165, 1.54) is 51.4 Å². The van der Waals surface area contributed by atoms with Crippen molar-refractivity contribution in [1.82, 2.24) is 10.6 Å². The lowest BCUT2D eigenvalue weighted by molar-refractivity contribution is 0.305. The highest BCUT2D eigenvalue weighted by Crippen LogP contribution is 2.27. The molecule has 3 fully saturated rings. The van der Waals surface area contributed by atoms with E-state index in [0.717, 1.165) is 24.2 Å². The molecule has 0 amide bonds. The van der Waals surface area contributed by atoms with Crippen molar-refractivity contribution in [2.24, 2.45) is 0 Å². The third-order valence-electron chi connectivity index (χ3n) is 3.82. The molecule has 2 heteroatoms. The maximum atomic E-state index is 3.75. The van der Waals surface area contributed by atoms with Crippen molar-refractivity contribution in [3.8, 4) is 0 Å². The molecule has 0 unspecified atom stereocenters. The first-order chi connectivity index (χ1) is 6.90. The Morgan fingerprint density at radius 3 is 0.857 bits per heavy atom. The van der Waals surface area contributed by atoms with Crippen LogP contribution in [-0.4, -0.2) is 24.2 Å². The molecular formula is C12H22N2. The van der Waals surface area contributed by atoms with Crippen molar-refractivity contribution < 1.29 is 0 Å². The first kappa shape index (κ1) is 9.17. The Bertz CT molecular complexity index is 166. The van der Waals surface area contributed by atoms with Crippen LogP contribution < -0.4 is 10.6 Å². The van der Waals surface area contributed by atoms with E-state index in [2.05, 4.69) is 10.6 Å². The molecule has 0 heterocycles. The van der Waals surface area contributed by atoms with E-state index in [-0.39, 0.29) is 0 Å². The minimum Gasteiger partial charge on any atom is -0.311 e. The average Bonchev–Trinajstić information content (AvgIpc) is 3.02. The molecule has 2 N–H and O–H groups in total. The van der Waals surface area contributed by atoms with Gasteiger partial charge in [-0.25, -0.2) is 0 Å². The zero-order valence-electron chi connectivity index (χ0n) is 8.97. The Morgan fingerprint density at radius 1 is 0.429 bits per heavy atom. The van der Waals surface area contributed by atoms with E-state index in [9.17, 15) is 0 Å². The van der Waals surface area contributed by atoms with Gasteiger partial charge in [0.1, 0.15) is 0 Å². The summed E-state index contributed by atoms with van der Waals surface area (Å²) in [5, 5.41) is 7.51. The number of hydrogen-bond donors (Lipinski definition) is 2. The van der Waals surface area contributed by atoms with Gasteiger partial charge in [-0.3, -0.25) is 0 Å². The predicted molar refractivity (Wildman–Crippen MR) is 58.4 cm³/mol. The lowest BCUT2D eigenvalue weighted by Crippen LogP contribution is -2.41. The summed E-state index contributed by atoms with van der Waals surface area (Å²) < 4.78 is 0. The Morgan fingerprint density at radius 2 is 0.643 bits per heavy atom. The second-order valence-corrected chi connectivity index (χ2v) is 5.43. The van der Waals surface area contributed by atoms with Gasteiger partial charge in [0.2, 0.25) is 0 Å². The minimum atomic E-state index is 0.847. The van der Waals surface area contributed by atoms with E-state index in [0.29, 0.717) is 0 Å². The van der Waals surface area contributed by atoms with E-state index in [1.807, 2.05) is 0 Å². The third-order valence-corrected chi connectivity index (χ3v) is 3.82. The van der Waals surface area contributed by atoms with Crippen LogP contribution in [0.3, 0.4) is 0 Å². The summed E-state index contributed by atoms with van der Waals surface area (Å²) in [6.07, 6.45) is 11.3. The lowest BCUT2D eigenvalue weighted by atomic mass is 9.91. The van der Waals surface area contributed by atoms with Crippen LogP contribution in [-0.2, 0) is 0 Å². The number of rotatable bonds is 4. The van der Waals surface area contributed by atoms with E-state index < -0.39 is 0 Å². The monoisotopic (exact) mass is 194 g/mol. The Balaban J connectivity index is 1.37. The summed E-state index contributed by atoms with van der Waals surface area (Å²) in [4.78, 5) is 0. The summed E-state index contributed by atoms with van der Waals surface area (Å²) in [5.41, 5.74) is 0. The van der Waals surface area contributed by atoms with Gasteiger partial charge in [0.05, 0.1) is 0 Å². The molecule has 0 saturated heterocycles. The minimum absolute atomic E-state index is 0.847. The van der Waals surface area contributed by atoms with Gasteiger partial charge in [-0.1, -0.05) is 0 Å². The highest BCUT2D eigenvalue weighted by molar-refractivity contribution is 4.91. The lowest BCUT2D eigenvalue weighted by Gasteiger charge is -2.30. The van der Waals surface area contributed by atoms with Crippen LogP contribution in [0.15, 0.2) is 0 Å². The van der Waals surface area contributed by atoms with Crippen molar-refractivity contribution in [2.45, 2.75) is 75.5 Å². The zero-order chi connectivity index (χ0) is 9.38. The number of nitrogens with one attached hydrogen (secondary N) is 2. The molecule has 0 atom stereocenters. The van der Waals surface area contributed by atoms with Crippen LogP contribution in [0.25, 0.3) is 0 Å². The van der Waals surface area contributed by atoms with Crippen LogP contribution in [0.4, 0.5) is 0 Å². The molecule has 0 spiro atoms. The first-order valence-corrected chi connectivity index (χ1v) is 6.42. The van der Waals surface area contributed by atoms with Crippen molar-refractivity contribution in [3.05, 3.63) is 0 Å². The molecule has 2 nitrogen and oxygen atoms in total. The van der Waals surface area contributed by atoms with Crippen LogP contribution in [0.5, 0.6) is 0 Å². The molecule has 3 saturated carbocycles. The van der Waals surface area contributed by atoms with Gasteiger partial charge in [0, 0.05) is 24.2 Å². The molecule has 0 aromatic heterocycles. The van der Waals surface area contributed by atoms with Gasteiger partial charge >= 0.3 is 0 Å². The van der Waals surface area contributed by atoms with Crippen LogP contribution in [0.2, 0.25) is 0 Å². The van der Waals surface area contributed by atoms with Gasteiger partial charge in [-0.15, -0.1) is 0 Å². The van der Waals surface area contributed by atoms with Crippen LogP contribution in [0.1, 0.15) is 51.4 Å². The Kier molecular flexibility index (Phi) is 2.50. The molecule has 0 radical (unpaired) electrons. The molecule has 80 valence electrons. The molecule has 3 aliphatic rings. The smallest absolute Gasteiger partial charge is 0.00708 e. The first-order valence-electron chi connectivity index (χ1n) is 6.42. The van der Waals surface area contributed by atoms with Crippen molar-refractivity contribution in [1.29, 1.82) is 0 Å². The standard InChI is InChI=1S/C12H22N2/c1-2-10(14-12-7-8-12)4-3-9(1)13-11-5-6-11/h9-14H,1-8H2. The topological polar surface area (TPSA) is 24.1 Å². The quantitative estimate of drug-likeness (QED) is 0.713. The molecule has 3 aliphatic carbocycles. The molecule has 14 heavy (non-hydrogen) atoms. The van der Waals surface area contributed by atoms with Crippen molar-refractivity contribution >= 4 is 0 Å². The summed E-state index contributed by atoms with van der Waals surface area (Å²) in [5.74, 6) is 0. The van der Waals surface area contributed by atoms with Gasteiger partial charge in [-0.05, 0) is 51.4 Å². The fourth-order valence-corrected chi connectivity index (χ4v) is 2.59. The second-order valence-electron chi connectivity index (χ2n) is 5.43. The highest BCUT2D eigenvalue weighted by Gasteiger charge is 2.30. The molecule has 0 aromatic carbocycles. The SMILES string of the molecule is C1CC1NC1CCC(NC2CC2)CC1. The Hall–Kier alpha value is -0.0800. The van der Waals surface area contributed by atoms with E-state index in [1.54, 1.807) is 0 Å². The fourth-order valence-electron chi connectivity index (χ4n) is 2.59. The number of hydrogen-bond acceptors (Lipinski definition) is 2. The molecule has 3 rings (SSSR count). The van der Waals surface area contributed by atoms with Gasteiger partial charge in [0.25, 0.3) is 0 Å². The van der Waals surface area contributed by atoms with Gasteiger partial charge in [-0.2, -0.15) is 0 Å². The molecule has 0 aliphatic heterocycles. The van der Waals surface area contributed by atoms with Crippen LogP contribution >= 0.6 is 0 Å². The maximum absolute atomic E-state index is 3.75. The fraction of sp³-hybridized carbons (Fsp3) is 1.00. The van der Waals surface area contributed by atoms with Gasteiger partial charge < -0.3 is 10.6 Å². The summed E-state index contributed by atoms with van der Waals surface area (Å²) in [6.45, 7) is 0. The predicted octanol–water partition coefficient (Wildman–Crippen LogP) is 1.80. The van der Waals surface area contributed by atoms with Crippen molar-refractivity contribution in [2.75, 3.05) is 0 Å². The van der Waals surface area contributed by atoms with Crippen molar-refractivity contribution in [3.63, 3.8) is 0 Å². The zero-order valence-corrected chi connectivity index (χ0v) is 8.97. The average molecular weight is 194 g/mol. The molecule has 0 bridgehead atoms. The largest absolute Gasteiger partial charge is 0.311 e. The summed E-state index contributed by atoms with van der Waals surface area (Å²) in [7, 11) is 0. The molecule has 0 aromatic rings.